The predicted molar refractivity (Wildman–Crippen MR) is 87.9 cm³/mol. The molecule has 1 amide bonds. The van der Waals surface area contributed by atoms with E-state index in [0.717, 1.165) is 5.92 Å². The smallest absolute Gasteiger partial charge is 0.237 e. The molecule has 0 aromatic heterocycles. The van der Waals surface area contributed by atoms with E-state index >= 15 is 0 Å². The van der Waals surface area contributed by atoms with E-state index in [1.165, 1.54) is 43.9 Å². The molecule has 0 spiro atoms. The molecule has 0 radical (unpaired) electrons. The van der Waals surface area contributed by atoms with Crippen molar-refractivity contribution in [2.75, 3.05) is 11.1 Å². The van der Waals surface area contributed by atoms with Crippen LogP contribution in [0, 0.1) is 11.7 Å². The van der Waals surface area contributed by atoms with Gasteiger partial charge >= 0.3 is 0 Å². The van der Waals surface area contributed by atoms with E-state index in [4.69, 9.17) is 5.73 Å². The highest BCUT2D eigenvalue weighted by molar-refractivity contribution is 8.01. The normalized spacial score (nSPS) is 23.6. The van der Waals surface area contributed by atoms with Crippen LogP contribution in [0.15, 0.2) is 18.2 Å². The number of hydrogen-bond donors (Lipinski definition) is 2. The summed E-state index contributed by atoms with van der Waals surface area (Å²) in [6.07, 6.45) is 4.91. The lowest BCUT2D eigenvalue weighted by atomic mass is 9.91. The zero-order valence-electron chi connectivity index (χ0n) is 12.6. The van der Waals surface area contributed by atoms with Crippen molar-refractivity contribution in [3.63, 3.8) is 0 Å². The van der Waals surface area contributed by atoms with Gasteiger partial charge in [0.1, 0.15) is 5.82 Å². The predicted octanol–water partition coefficient (Wildman–Crippen LogP) is 4.05. The maximum absolute atomic E-state index is 13.0. The van der Waals surface area contributed by atoms with Gasteiger partial charge in [-0.15, -0.1) is 11.8 Å². The van der Waals surface area contributed by atoms with E-state index in [9.17, 15) is 9.18 Å². The molecule has 3 atom stereocenters. The van der Waals surface area contributed by atoms with Gasteiger partial charge in [-0.05, 0) is 43.9 Å². The largest absolute Gasteiger partial charge is 0.397 e. The maximum Gasteiger partial charge on any atom is 0.237 e. The van der Waals surface area contributed by atoms with Gasteiger partial charge in [0.05, 0.1) is 16.6 Å². The minimum atomic E-state index is -0.399. The van der Waals surface area contributed by atoms with Crippen molar-refractivity contribution < 1.29 is 9.18 Å². The molecule has 3 N–H and O–H groups in total. The lowest BCUT2D eigenvalue weighted by molar-refractivity contribution is -0.115. The number of anilines is 2. The summed E-state index contributed by atoms with van der Waals surface area (Å²) in [7, 11) is 0. The number of benzene rings is 1. The topological polar surface area (TPSA) is 55.1 Å². The fraction of sp³-hybridized carbons (Fsp3) is 0.562. The Labute approximate surface area is 129 Å². The highest BCUT2D eigenvalue weighted by Crippen LogP contribution is 2.34. The van der Waals surface area contributed by atoms with Crippen LogP contribution in [0.2, 0.25) is 0 Å². The molecule has 0 saturated heterocycles. The van der Waals surface area contributed by atoms with Gasteiger partial charge < -0.3 is 11.1 Å². The zero-order chi connectivity index (χ0) is 15.4. The van der Waals surface area contributed by atoms with Gasteiger partial charge in [0.15, 0.2) is 0 Å². The van der Waals surface area contributed by atoms with Crippen LogP contribution in [0.1, 0.15) is 39.5 Å². The Kier molecular flexibility index (Phi) is 5.51. The standard InChI is InChI=1S/C16H23FN2OS/c1-10-4-3-5-13(8-10)21-11(2)16(20)19-15-7-6-12(17)9-14(15)18/h6-7,9-11,13H,3-5,8,18H2,1-2H3,(H,19,20). The van der Waals surface area contributed by atoms with Crippen LogP contribution in [0.4, 0.5) is 15.8 Å². The third kappa shape index (κ3) is 4.63. The second kappa shape index (κ2) is 7.16. The number of amides is 1. The Morgan fingerprint density at radius 1 is 1.48 bits per heavy atom. The quantitative estimate of drug-likeness (QED) is 0.825. The minimum Gasteiger partial charge on any atom is -0.397 e. The van der Waals surface area contributed by atoms with Gasteiger partial charge in [-0.1, -0.05) is 19.8 Å². The molecule has 1 aliphatic carbocycles. The minimum absolute atomic E-state index is 0.0727. The first-order chi connectivity index (χ1) is 9.95. The lowest BCUT2D eigenvalue weighted by Crippen LogP contribution is -2.27. The van der Waals surface area contributed by atoms with Crippen LogP contribution in [0.5, 0.6) is 0 Å². The van der Waals surface area contributed by atoms with Gasteiger partial charge in [-0.2, -0.15) is 0 Å². The van der Waals surface area contributed by atoms with Crippen LogP contribution in [0.3, 0.4) is 0 Å². The Balaban J connectivity index is 1.90. The van der Waals surface area contributed by atoms with Crippen molar-refractivity contribution in [2.45, 2.75) is 50.0 Å². The SMILES string of the molecule is CC1CCCC(SC(C)C(=O)Nc2ccc(F)cc2N)C1. The molecule has 1 aromatic rings. The highest BCUT2D eigenvalue weighted by atomic mass is 32.2. The van der Waals surface area contributed by atoms with E-state index in [1.807, 2.05) is 6.92 Å². The van der Waals surface area contributed by atoms with E-state index in [0.29, 0.717) is 10.9 Å². The van der Waals surface area contributed by atoms with E-state index in [-0.39, 0.29) is 16.8 Å². The van der Waals surface area contributed by atoms with E-state index in [2.05, 4.69) is 12.2 Å². The van der Waals surface area contributed by atoms with Crippen LogP contribution in [-0.2, 0) is 4.79 Å². The number of nitrogens with two attached hydrogens (primary N) is 1. The van der Waals surface area contributed by atoms with Crippen molar-refractivity contribution in [3.05, 3.63) is 24.0 Å². The summed E-state index contributed by atoms with van der Waals surface area (Å²) in [5, 5.41) is 3.21. The van der Waals surface area contributed by atoms with Crippen LogP contribution in [-0.4, -0.2) is 16.4 Å². The average molecular weight is 310 g/mol. The van der Waals surface area contributed by atoms with Crippen molar-refractivity contribution in [3.8, 4) is 0 Å². The molecule has 1 aromatic carbocycles. The first-order valence-corrected chi connectivity index (χ1v) is 8.41. The molecular formula is C16H23FN2OS. The number of carbonyl (C=O) groups is 1. The number of carbonyl (C=O) groups excluding carboxylic acids is 1. The zero-order valence-corrected chi connectivity index (χ0v) is 13.4. The van der Waals surface area contributed by atoms with Crippen LogP contribution in [0.25, 0.3) is 0 Å². The molecule has 0 bridgehead atoms. The van der Waals surface area contributed by atoms with Gasteiger partial charge in [-0.3, -0.25) is 4.79 Å². The monoisotopic (exact) mass is 310 g/mol. The molecule has 0 heterocycles. The highest BCUT2D eigenvalue weighted by Gasteiger charge is 2.24. The lowest BCUT2D eigenvalue weighted by Gasteiger charge is -2.28. The summed E-state index contributed by atoms with van der Waals surface area (Å²) in [5.41, 5.74) is 6.44. The maximum atomic E-state index is 13.0. The van der Waals surface area contributed by atoms with Gasteiger partial charge in [0, 0.05) is 5.25 Å². The number of nitrogens with one attached hydrogen (secondary N) is 1. The molecule has 1 aliphatic rings. The molecule has 1 saturated carbocycles. The summed E-state index contributed by atoms with van der Waals surface area (Å²) < 4.78 is 13.0. The molecule has 2 rings (SSSR count). The number of thioether (sulfide) groups is 1. The van der Waals surface area contributed by atoms with Crippen molar-refractivity contribution in [2.24, 2.45) is 5.92 Å². The second-order valence-corrected chi connectivity index (χ2v) is 7.54. The number of halogens is 1. The number of rotatable bonds is 4. The third-order valence-electron chi connectivity index (χ3n) is 3.93. The molecule has 3 nitrogen and oxygen atoms in total. The van der Waals surface area contributed by atoms with Crippen molar-refractivity contribution in [1.82, 2.24) is 0 Å². The number of nitrogen functional groups attached to an aromatic ring is 1. The molecule has 3 unspecified atom stereocenters. The first-order valence-electron chi connectivity index (χ1n) is 7.47. The third-order valence-corrected chi connectivity index (χ3v) is 5.36. The Morgan fingerprint density at radius 3 is 2.90 bits per heavy atom. The fourth-order valence-corrected chi connectivity index (χ4v) is 4.24. The van der Waals surface area contributed by atoms with Crippen LogP contribution < -0.4 is 11.1 Å². The van der Waals surface area contributed by atoms with E-state index in [1.54, 1.807) is 11.8 Å². The molecule has 5 heteroatoms. The summed E-state index contributed by atoms with van der Waals surface area (Å²) in [4.78, 5) is 12.2. The summed E-state index contributed by atoms with van der Waals surface area (Å²) in [6.45, 7) is 4.19. The Hall–Kier alpha value is -1.23. The molecule has 1 fully saturated rings. The van der Waals surface area contributed by atoms with Gasteiger partial charge in [-0.25, -0.2) is 4.39 Å². The first kappa shape index (κ1) is 16.1. The second-order valence-electron chi connectivity index (χ2n) is 5.89. The molecule has 0 aliphatic heterocycles. The summed E-state index contributed by atoms with van der Waals surface area (Å²) >= 11 is 1.73. The van der Waals surface area contributed by atoms with Crippen molar-refractivity contribution in [1.29, 1.82) is 0 Å². The molecule has 21 heavy (non-hydrogen) atoms. The van der Waals surface area contributed by atoms with Gasteiger partial charge in [0.2, 0.25) is 5.91 Å². The fourth-order valence-electron chi connectivity index (χ4n) is 2.73. The van der Waals surface area contributed by atoms with Crippen LogP contribution >= 0.6 is 11.8 Å². The average Bonchev–Trinajstić information content (AvgIpc) is 2.41. The van der Waals surface area contributed by atoms with Crippen molar-refractivity contribution >= 4 is 29.0 Å². The molecule has 116 valence electrons. The number of hydrogen-bond acceptors (Lipinski definition) is 3. The Morgan fingerprint density at radius 2 is 2.24 bits per heavy atom. The molecular weight excluding hydrogens is 287 g/mol. The Bertz CT molecular complexity index is 509. The summed E-state index contributed by atoms with van der Waals surface area (Å²) in [5.74, 6) is 0.278. The van der Waals surface area contributed by atoms with Gasteiger partial charge in [0.25, 0.3) is 0 Å². The van der Waals surface area contributed by atoms with E-state index < -0.39 is 5.82 Å². The summed E-state index contributed by atoms with van der Waals surface area (Å²) in [6, 6.07) is 4.02.